The Morgan fingerprint density at radius 1 is 1.40 bits per heavy atom. The zero-order chi connectivity index (χ0) is 15.0. The molecule has 0 atom stereocenters. The molecular weight excluding hydrogens is 326 g/mol. The number of aromatic carboxylic acids is 1. The van der Waals surface area contributed by atoms with E-state index in [1.165, 1.54) is 12.1 Å². The van der Waals surface area contributed by atoms with Gasteiger partial charge in [0.05, 0.1) is 29.3 Å². The van der Waals surface area contributed by atoms with Crippen LogP contribution in [0.2, 0.25) is 0 Å². The SMILES string of the molecule is CCOc1cc(C(=O)O)cc(Br)c1OCCCCC#N. The van der Waals surface area contributed by atoms with Crippen LogP contribution < -0.4 is 9.47 Å². The third kappa shape index (κ3) is 4.74. The van der Waals surface area contributed by atoms with Crippen molar-refractivity contribution in [3.63, 3.8) is 0 Å². The highest BCUT2D eigenvalue weighted by molar-refractivity contribution is 9.10. The van der Waals surface area contributed by atoms with E-state index in [9.17, 15) is 4.79 Å². The van der Waals surface area contributed by atoms with Gasteiger partial charge in [-0.15, -0.1) is 0 Å². The Hall–Kier alpha value is -1.74. The second-order valence-electron chi connectivity index (χ2n) is 3.99. The minimum absolute atomic E-state index is 0.136. The van der Waals surface area contributed by atoms with Crippen LogP contribution in [0.1, 0.15) is 36.5 Å². The van der Waals surface area contributed by atoms with Crippen LogP contribution in [0.3, 0.4) is 0 Å². The van der Waals surface area contributed by atoms with Gasteiger partial charge in [0, 0.05) is 6.42 Å². The van der Waals surface area contributed by atoms with E-state index in [2.05, 4.69) is 22.0 Å². The molecule has 1 N–H and O–H groups in total. The number of carboxylic acids is 1. The Labute approximate surface area is 126 Å². The summed E-state index contributed by atoms with van der Waals surface area (Å²) in [5.74, 6) is -0.124. The highest BCUT2D eigenvalue weighted by atomic mass is 79.9. The van der Waals surface area contributed by atoms with Crippen molar-refractivity contribution in [1.82, 2.24) is 0 Å². The quantitative estimate of drug-likeness (QED) is 0.730. The van der Waals surface area contributed by atoms with Crippen molar-refractivity contribution in [2.75, 3.05) is 13.2 Å². The molecule has 0 saturated heterocycles. The lowest BCUT2D eigenvalue weighted by Gasteiger charge is -2.14. The minimum Gasteiger partial charge on any atom is -0.490 e. The Morgan fingerprint density at radius 2 is 2.15 bits per heavy atom. The molecule has 1 aromatic rings. The summed E-state index contributed by atoms with van der Waals surface area (Å²) in [6, 6.07) is 5.00. The van der Waals surface area contributed by atoms with Gasteiger partial charge in [0.15, 0.2) is 11.5 Å². The highest BCUT2D eigenvalue weighted by Gasteiger charge is 2.15. The van der Waals surface area contributed by atoms with Crippen LogP contribution in [-0.4, -0.2) is 24.3 Å². The molecule has 20 heavy (non-hydrogen) atoms. The van der Waals surface area contributed by atoms with Gasteiger partial charge in [-0.05, 0) is 47.8 Å². The molecule has 1 rings (SSSR count). The summed E-state index contributed by atoms with van der Waals surface area (Å²) < 4.78 is 11.6. The molecule has 108 valence electrons. The van der Waals surface area contributed by atoms with Crippen LogP contribution >= 0.6 is 15.9 Å². The Balaban J connectivity index is 2.82. The number of nitriles is 1. The third-order valence-corrected chi connectivity index (χ3v) is 3.07. The van der Waals surface area contributed by atoms with E-state index >= 15 is 0 Å². The predicted octanol–water partition coefficient (Wildman–Crippen LogP) is 3.62. The Bertz CT molecular complexity index is 511. The fourth-order valence-corrected chi connectivity index (χ4v) is 2.13. The van der Waals surface area contributed by atoms with Crippen molar-refractivity contribution in [1.29, 1.82) is 5.26 Å². The standard InChI is InChI=1S/C14H16BrNO4/c1-2-19-12-9-10(14(17)18)8-11(15)13(12)20-7-5-3-4-6-16/h8-9H,2-5,7H2,1H3,(H,17,18). The van der Waals surface area contributed by atoms with E-state index in [4.69, 9.17) is 19.8 Å². The van der Waals surface area contributed by atoms with Gasteiger partial charge < -0.3 is 14.6 Å². The van der Waals surface area contributed by atoms with Crippen molar-refractivity contribution in [2.24, 2.45) is 0 Å². The topological polar surface area (TPSA) is 79.6 Å². The lowest BCUT2D eigenvalue weighted by Crippen LogP contribution is -2.04. The van der Waals surface area contributed by atoms with Crippen LogP contribution in [0.15, 0.2) is 16.6 Å². The lowest BCUT2D eigenvalue weighted by atomic mass is 10.2. The lowest BCUT2D eigenvalue weighted by molar-refractivity contribution is 0.0696. The molecule has 0 saturated carbocycles. The van der Waals surface area contributed by atoms with Crippen molar-refractivity contribution >= 4 is 21.9 Å². The van der Waals surface area contributed by atoms with Gasteiger partial charge in [-0.3, -0.25) is 0 Å². The van der Waals surface area contributed by atoms with Crippen LogP contribution in [-0.2, 0) is 0 Å². The molecular formula is C14H16BrNO4. The molecule has 0 amide bonds. The largest absolute Gasteiger partial charge is 0.490 e. The van der Waals surface area contributed by atoms with Gasteiger partial charge in [0.1, 0.15) is 0 Å². The molecule has 0 aliphatic rings. The van der Waals surface area contributed by atoms with Gasteiger partial charge in [0.2, 0.25) is 0 Å². The predicted molar refractivity (Wildman–Crippen MR) is 77.2 cm³/mol. The minimum atomic E-state index is -1.02. The number of hydrogen-bond acceptors (Lipinski definition) is 4. The number of rotatable bonds is 8. The van der Waals surface area contributed by atoms with E-state index in [1.54, 1.807) is 0 Å². The van der Waals surface area contributed by atoms with E-state index < -0.39 is 5.97 Å². The van der Waals surface area contributed by atoms with Gasteiger partial charge in [-0.25, -0.2) is 4.79 Å². The maximum atomic E-state index is 11.0. The maximum Gasteiger partial charge on any atom is 0.335 e. The molecule has 0 aliphatic carbocycles. The van der Waals surface area contributed by atoms with Gasteiger partial charge in [-0.1, -0.05) is 0 Å². The summed E-state index contributed by atoms with van der Waals surface area (Å²) in [7, 11) is 0. The molecule has 0 fully saturated rings. The second kappa shape index (κ2) is 8.43. The first-order chi connectivity index (χ1) is 9.60. The number of benzene rings is 1. The molecule has 6 heteroatoms. The van der Waals surface area contributed by atoms with Crippen molar-refractivity contribution < 1.29 is 19.4 Å². The number of carbonyl (C=O) groups is 1. The number of halogens is 1. The third-order valence-electron chi connectivity index (χ3n) is 2.49. The molecule has 0 aliphatic heterocycles. The second-order valence-corrected chi connectivity index (χ2v) is 4.84. The summed E-state index contributed by atoms with van der Waals surface area (Å²) in [5.41, 5.74) is 0.136. The maximum absolute atomic E-state index is 11.0. The van der Waals surface area contributed by atoms with Crippen molar-refractivity contribution in [2.45, 2.75) is 26.2 Å². The van der Waals surface area contributed by atoms with E-state index in [0.29, 0.717) is 35.6 Å². The first-order valence-electron chi connectivity index (χ1n) is 6.29. The highest BCUT2D eigenvalue weighted by Crippen LogP contribution is 2.37. The molecule has 0 radical (unpaired) electrons. The molecule has 0 aromatic heterocycles. The first-order valence-corrected chi connectivity index (χ1v) is 7.08. The summed E-state index contributed by atoms with van der Waals surface area (Å²) in [5, 5.41) is 17.5. The van der Waals surface area contributed by atoms with Crippen LogP contribution in [0.5, 0.6) is 11.5 Å². The number of carboxylic acid groups (broad SMARTS) is 1. The first kappa shape index (κ1) is 16.3. The summed E-state index contributed by atoms with van der Waals surface area (Å²) in [6.07, 6.45) is 2.03. The number of hydrogen-bond donors (Lipinski definition) is 1. The van der Waals surface area contributed by atoms with Crippen molar-refractivity contribution in [3.8, 4) is 17.6 Å². The molecule has 5 nitrogen and oxygen atoms in total. The summed E-state index contributed by atoms with van der Waals surface area (Å²) in [6.45, 7) is 2.69. The zero-order valence-corrected chi connectivity index (χ0v) is 12.8. The molecule has 0 spiro atoms. The van der Waals surface area contributed by atoms with E-state index in [1.807, 2.05) is 6.92 Å². The number of nitrogens with zero attached hydrogens (tertiary/aromatic N) is 1. The molecule has 1 aromatic carbocycles. The molecule has 0 bridgehead atoms. The van der Waals surface area contributed by atoms with E-state index in [-0.39, 0.29) is 5.56 Å². The van der Waals surface area contributed by atoms with Gasteiger partial charge in [0.25, 0.3) is 0 Å². The summed E-state index contributed by atoms with van der Waals surface area (Å²) in [4.78, 5) is 11.0. The Morgan fingerprint density at radius 3 is 2.75 bits per heavy atom. The molecule has 0 heterocycles. The normalized spacial score (nSPS) is 9.85. The zero-order valence-electron chi connectivity index (χ0n) is 11.2. The summed E-state index contributed by atoms with van der Waals surface area (Å²) >= 11 is 3.30. The monoisotopic (exact) mass is 341 g/mol. The molecule has 0 unspecified atom stereocenters. The Kier molecular flexibility index (Phi) is 6.88. The number of unbranched alkanes of at least 4 members (excludes halogenated alkanes) is 2. The van der Waals surface area contributed by atoms with Crippen LogP contribution in [0, 0.1) is 11.3 Å². The van der Waals surface area contributed by atoms with Crippen LogP contribution in [0.25, 0.3) is 0 Å². The van der Waals surface area contributed by atoms with Crippen LogP contribution in [0.4, 0.5) is 0 Å². The number of ether oxygens (including phenoxy) is 2. The average molecular weight is 342 g/mol. The van der Waals surface area contributed by atoms with Crippen molar-refractivity contribution in [3.05, 3.63) is 22.2 Å². The fraction of sp³-hybridized carbons (Fsp3) is 0.429. The van der Waals surface area contributed by atoms with E-state index in [0.717, 1.165) is 12.8 Å². The van der Waals surface area contributed by atoms with Gasteiger partial charge in [-0.2, -0.15) is 5.26 Å². The fourth-order valence-electron chi connectivity index (χ4n) is 1.57. The average Bonchev–Trinajstić information content (AvgIpc) is 2.40. The smallest absolute Gasteiger partial charge is 0.335 e. The van der Waals surface area contributed by atoms with Gasteiger partial charge >= 0.3 is 5.97 Å².